The first-order valence-electron chi connectivity index (χ1n) is 14.8. The average molecular weight is 625 g/mol. The summed E-state index contributed by atoms with van der Waals surface area (Å²) in [6.45, 7) is 8.42. The number of pyridine rings is 1. The van der Waals surface area contributed by atoms with Crippen LogP contribution in [0, 0.1) is 24.0 Å². The summed E-state index contributed by atoms with van der Waals surface area (Å²) < 4.78 is 27.7. The number of benzene rings is 1. The van der Waals surface area contributed by atoms with Crippen LogP contribution in [0.1, 0.15) is 80.4 Å². The first-order valence-corrected chi connectivity index (χ1v) is 15.6. The van der Waals surface area contributed by atoms with E-state index in [2.05, 4.69) is 25.4 Å². The van der Waals surface area contributed by atoms with Gasteiger partial charge in [0.25, 0.3) is 5.91 Å². The highest BCUT2D eigenvalue weighted by Crippen LogP contribution is 2.37. The number of halogens is 2. The Hall–Kier alpha value is -3.48. The van der Waals surface area contributed by atoms with Crippen molar-refractivity contribution in [2.75, 3.05) is 13.1 Å². The largest absolute Gasteiger partial charge is 0.390 e. The normalized spacial score (nSPS) is 21.8. The number of aryl methyl sites for hydroxylation is 1. The lowest BCUT2D eigenvalue weighted by Gasteiger charge is -2.54. The average Bonchev–Trinajstić information content (AvgIpc) is 3.42. The molecule has 3 heterocycles. The van der Waals surface area contributed by atoms with Crippen molar-refractivity contribution in [3.63, 3.8) is 0 Å². The van der Waals surface area contributed by atoms with Crippen LogP contribution in [0.3, 0.4) is 0 Å². The standard InChI is InChI=1S/C32H38F2N6O3S/c1-19-6-5-13-36-26(19)30(2,3)25(35)15-22(41)16-32(17-40(18-32)21-9-11-31(4,43)12-10-21)37-27(42)29-39-38-28(44-29)23-8-7-20(33)14-24(23)34/h5-8,13-14,21,35,43H,9-12,15-18H2,1-4H3,(H,37,42). The van der Waals surface area contributed by atoms with Gasteiger partial charge in [0.2, 0.25) is 5.01 Å². The van der Waals surface area contributed by atoms with Crippen LogP contribution in [0.15, 0.2) is 36.5 Å². The maximum Gasteiger partial charge on any atom is 0.282 e. The molecular formula is C32H38F2N6O3S. The zero-order valence-corrected chi connectivity index (χ0v) is 26.2. The van der Waals surface area contributed by atoms with E-state index >= 15 is 0 Å². The van der Waals surface area contributed by atoms with Crippen molar-refractivity contribution >= 4 is 28.7 Å². The second kappa shape index (κ2) is 12.1. The summed E-state index contributed by atoms with van der Waals surface area (Å²) in [5.41, 5.74) is -0.342. The van der Waals surface area contributed by atoms with Crippen LogP contribution in [-0.4, -0.2) is 72.9 Å². The van der Waals surface area contributed by atoms with E-state index in [1.165, 1.54) is 6.07 Å². The quantitative estimate of drug-likeness (QED) is 0.270. The fraction of sp³-hybridized carbons (Fsp3) is 0.500. The Bertz CT molecular complexity index is 1570. The second-order valence-corrected chi connectivity index (χ2v) is 14.0. The summed E-state index contributed by atoms with van der Waals surface area (Å²) in [6, 6.07) is 7.11. The number of amides is 1. The van der Waals surface area contributed by atoms with Crippen LogP contribution < -0.4 is 5.32 Å². The SMILES string of the molecule is Cc1cccnc1C(C)(C)C(=N)CC(=O)CC1(NC(=O)c2nnc(-c3ccc(F)cc3F)s2)CN(C2CCC(C)(O)CC2)C1. The molecule has 234 valence electrons. The number of ketones is 1. The smallest absolute Gasteiger partial charge is 0.282 e. The number of aliphatic hydroxyl groups is 1. The molecule has 0 atom stereocenters. The number of hydrogen-bond acceptors (Lipinski definition) is 9. The number of Topliss-reactive ketones (excluding diaryl/α,β-unsaturated/α-hetero) is 1. The Labute approximate surface area is 259 Å². The van der Waals surface area contributed by atoms with E-state index in [1.807, 2.05) is 39.8 Å². The van der Waals surface area contributed by atoms with Gasteiger partial charge in [-0.05, 0) is 77.1 Å². The van der Waals surface area contributed by atoms with Crippen molar-refractivity contribution in [1.29, 1.82) is 5.41 Å². The van der Waals surface area contributed by atoms with E-state index < -0.39 is 34.1 Å². The van der Waals surface area contributed by atoms with Gasteiger partial charge in [-0.3, -0.25) is 19.5 Å². The van der Waals surface area contributed by atoms with Crippen LogP contribution in [-0.2, 0) is 10.2 Å². The Morgan fingerprint density at radius 2 is 1.89 bits per heavy atom. The third kappa shape index (κ3) is 6.77. The third-order valence-electron chi connectivity index (χ3n) is 8.99. The molecule has 0 bridgehead atoms. The first kappa shape index (κ1) is 31.9. The minimum Gasteiger partial charge on any atom is -0.390 e. The summed E-state index contributed by atoms with van der Waals surface area (Å²) >= 11 is 0.886. The molecule has 1 amide bonds. The number of rotatable bonds is 10. The van der Waals surface area contributed by atoms with Crippen molar-refractivity contribution in [1.82, 2.24) is 25.4 Å². The molecule has 2 fully saturated rings. The minimum atomic E-state index is -0.883. The zero-order chi connectivity index (χ0) is 31.9. The second-order valence-electron chi connectivity index (χ2n) is 13.1. The molecule has 44 heavy (non-hydrogen) atoms. The highest BCUT2D eigenvalue weighted by Gasteiger charge is 2.49. The predicted octanol–water partition coefficient (Wildman–Crippen LogP) is 5.01. The highest BCUT2D eigenvalue weighted by molar-refractivity contribution is 7.16. The van der Waals surface area contributed by atoms with E-state index in [1.54, 1.807) is 6.20 Å². The van der Waals surface area contributed by atoms with Gasteiger partial charge in [0, 0.05) is 60.9 Å². The van der Waals surface area contributed by atoms with Crippen molar-refractivity contribution in [3.05, 3.63) is 64.4 Å². The lowest BCUT2D eigenvalue weighted by Crippen LogP contribution is -2.73. The molecule has 9 nitrogen and oxygen atoms in total. The Kier molecular flexibility index (Phi) is 8.80. The molecule has 1 saturated carbocycles. The van der Waals surface area contributed by atoms with Gasteiger partial charge in [0.05, 0.1) is 16.8 Å². The van der Waals surface area contributed by atoms with Gasteiger partial charge in [-0.15, -0.1) is 10.2 Å². The van der Waals surface area contributed by atoms with Crippen molar-refractivity contribution < 1.29 is 23.5 Å². The van der Waals surface area contributed by atoms with E-state index in [9.17, 15) is 23.5 Å². The lowest BCUT2D eigenvalue weighted by atomic mass is 9.76. The Morgan fingerprint density at radius 1 is 1.18 bits per heavy atom. The van der Waals surface area contributed by atoms with E-state index in [4.69, 9.17) is 5.41 Å². The van der Waals surface area contributed by atoms with Gasteiger partial charge >= 0.3 is 0 Å². The molecule has 1 aliphatic heterocycles. The fourth-order valence-electron chi connectivity index (χ4n) is 6.34. The monoisotopic (exact) mass is 624 g/mol. The Balaban J connectivity index is 1.31. The zero-order valence-electron chi connectivity index (χ0n) is 25.4. The van der Waals surface area contributed by atoms with Gasteiger partial charge in [-0.1, -0.05) is 17.4 Å². The van der Waals surface area contributed by atoms with Gasteiger partial charge in [-0.25, -0.2) is 8.78 Å². The van der Waals surface area contributed by atoms with Crippen LogP contribution >= 0.6 is 11.3 Å². The predicted molar refractivity (Wildman–Crippen MR) is 164 cm³/mol. The molecule has 1 saturated heterocycles. The van der Waals surface area contributed by atoms with Crippen molar-refractivity contribution in [2.45, 2.75) is 88.8 Å². The Morgan fingerprint density at radius 3 is 2.55 bits per heavy atom. The molecule has 2 aromatic heterocycles. The molecule has 0 radical (unpaired) electrons. The number of aromatic nitrogens is 3. The highest BCUT2D eigenvalue weighted by atomic mass is 32.1. The minimum absolute atomic E-state index is 0.00205. The number of carbonyl (C=O) groups is 2. The molecule has 12 heteroatoms. The van der Waals surface area contributed by atoms with Crippen LogP contribution in [0.5, 0.6) is 0 Å². The molecule has 3 aromatic rings. The van der Waals surface area contributed by atoms with Gasteiger partial charge in [-0.2, -0.15) is 0 Å². The van der Waals surface area contributed by atoms with Crippen LogP contribution in [0.2, 0.25) is 0 Å². The number of hydrogen-bond donors (Lipinski definition) is 3. The molecule has 5 rings (SSSR count). The number of likely N-dealkylation sites (tertiary alicyclic amines) is 1. The van der Waals surface area contributed by atoms with Gasteiger partial charge in [0.15, 0.2) is 5.01 Å². The molecule has 0 spiro atoms. The number of nitrogens with one attached hydrogen (secondary N) is 2. The maximum absolute atomic E-state index is 14.3. The summed E-state index contributed by atoms with van der Waals surface area (Å²) in [4.78, 5) is 33.6. The fourth-order valence-corrected chi connectivity index (χ4v) is 7.10. The molecule has 2 aliphatic rings. The van der Waals surface area contributed by atoms with Crippen molar-refractivity contribution in [2.24, 2.45) is 0 Å². The van der Waals surface area contributed by atoms with E-state index in [0.717, 1.165) is 47.6 Å². The number of carbonyl (C=O) groups excluding carboxylic acids is 2. The molecule has 1 aromatic carbocycles. The topological polar surface area (TPSA) is 132 Å². The molecule has 0 unspecified atom stereocenters. The summed E-state index contributed by atoms with van der Waals surface area (Å²) in [6.07, 6.45) is 4.61. The summed E-state index contributed by atoms with van der Waals surface area (Å²) in [5.74, 6) is -2.23. The first-order chi connectivity index (χ1) is 20.7. The van der Waals surface area contributed by atoms with Gasteiger partial charge < -0.3 is 15.8 Å². The number of nitrogens with zero attached hydrogens (tertiary/aromatic N) is 4. The van der Waals surface area contributed by atoms with Crippen LogP contribution in [0.4, 0.5) is 8.78 Å². The summed E-state index contributed by atoms with van der Waals surface area (Å²) in [7, 11) is 0. The molecule has 3 N–H and O–H groups in total. The van der Waals surface area contributed by atoms with Gasteiger partial charge in [0.1, 0.15) is 17.4 Å². The van der Waals surface area contributed by atoms with E-state index in [0.29, 0.717) is 25.9 Å². The maximum atomic E-state index is 14.3. The molecule has 1 aliphatic carbocycles. The van der Waals surface area contributed by atoms with Crippen molar-refractivity contribution in [3.8, 4) is 10.6 Å². The van der Waals surface area contributed by atoms with E-state index in [-0.39, 0.29) is 46.0 Å². The molecular weight excluding hydrogens is 586 g/mol. The summed E-state index contributed by atoms with van der Waals surface area (Å²) in [5, 5.41) is 30.3. The van der Waals surface area contributed by atoms with Crippen LogP contribution in [0.25, 0.3) is 10.6 Å². The third-order valence-corrected chi connectivity index (χ3v) is 9.94. The lowest BCUT2D eigenvalue weighted by molar-refractivity contribution is -0.122.